The second-order valence-corrected chi connectivity index (χ2v) is 38.2. The van der Waals surface area contributed by atoms with Gasteiger partial charge in [0.2, 0.25) is 0 Å². The third-order valence-corrected chi connectivity index (χ3v) is 17.7. The number of hydrogen-bond donors (Lipinski definition) is 4. The van der Waals surface area contributed by atoms with Gasteiger partial charge < -0.3 is 5.11 Å². The van der Waals surface area contributed by atoms with Crippen LogP contribution in [0, 0.1) is 71.0 Å². The van der Waals surface area contributed by atoms with Gasteiger partial charge in [0.05, 0.1) is 17.3 Å². The summed E-state index contributed by atoms with van der Waals surface area (Å²) in [5, 5.41) is 8.08. The Morgan fingerprint density at radius 3 is 0.554 bits per heavy atom. The van der Waals surface area contributed by atoms with Crippen molar-refractivity contribution in [3.8, 4) is 0 Å². The number of aliphatic carboxylic acids is 1. The summed E-state index contributed by atoms with van der Waals surface area (Å²) >= 11 is 0. The van der Waals surface area contributed by atoms with E-state index >= 15 is 0 Å². The minimum absolute atomic E-state index is 0.00463. The fourth-order valence-corrected chi connectivity index (χ4v) is 11.1. The molecule has 101 heavy (non-hydrogen) atoms. The van der Waals surface area contributed by atoms with Crippen molar-refractivity contribution in [1.29, 1.82) is 0 Å². The van der Waals surface area contributed by atoms with E-state index in [1.54, 1.807) is 13.8 Å². The van der Waals surface area contributed by atoms with Crippen LogP contribution >= 0.6 is 0 Å². The highest BCUT2D eigenvalue weighted by Crippen LogP contribution is 2.14. The molecular formula is C87H196O11S3. The lowest BCUT2D eigenvalue weighted by atomic mass is 10.0. The van der Waals surface area contributed by atoms with Crippen LogP contribution in [0.3, 0.4) is 0 Å². The van der Waals surface area contributed by atoms with Crippen LogP contribution in [-0.4, -0.2) is 67.2 Å². The SMILES string of the molecule is CC(C)CC(=O)O.CC(C)CCCCCS(=O)(=O)O.CC(C)CCCS(=O)(=O)O.CC(C)CS(=O)(=O)O.CCCC(C)C.CCCC(C)C.CCCCC(C)C.CCCCCC(C)C.CCCCCC(C)C.CCCCCCC(C)C.CCCCCCCC(C)C.CCCCCCCC(C)C. The topological polar surface area (TPSA) is 200 Å². The Bertz CT molecular complexity index is 1730. The smallest absolute Gasteiger partial charge is 0.303 e. The lowest BCUT2D eigenvalue weighted by Gasteiger charge is -2.02. The number of unbranched alkanes of at least 4 members (excludes halogenated alkanes) is 18. The first-order chi connectivity index (χ1) is 46.5. The van der Waals surface area contributed by atoms with Gasteiger partial charge in [0, 0.05) is 6.42 Å². The van der Waals surface area contributed by atoms with Crippen LogP contribution in [0.4, 0.5) is 0 Å². The molecule has 0 saturated carbocycles. The minimum Gasteiger partial charge on any atom is -0.481 e. The van der Waals surface area contributed by atoms with Crippen molar-refractivity contribution in [3.05, 3.63) is 0 Å². The fraction of sp³-hybridized carbons (Fsp3) is 0.989. The summed E-state index contributed by atoms with van der Waals surface area (Å²) in [4.78, 5) is 9.81. The van der Waals surface area contributed by atoms with Crippen LogP contribution in [0.15, 0.2) is 0 Å². The van der Waals surface area contributed by atoms with E-state index in [0.717, 1.165) is 73.0 Å². The molecule has 0 heterocycles. The van der Waals surface area contributed by atoms with Crippen molar-refractivity contribution in [2.45, 2.75) is 472 Å². The Morgan fingerprint density at radius 2 is 0.406 bits per heavy atom. The van der Waals surface area contributed by atoms with E-state index in [1.165, 1.54) is 205 Å². The number of rotatable bonds is 46. The van der Waals surface area contributed by atoms with Crippen LogP contribution in [0.2, 0.25) is 0 Å². The van der Waals surface area contributed by atoms with Gasteiger partial charge in [-0.05, 0) is 90.3 Å². The zero-order chi connectivity index (χ0) is 81.7. The largest absolute Gasteiger partial charge is 0.481 e. The summed E-state index contributed by atoms with van der Waals surface area (Å²) < 4.78 is 85.8. The van der Waals surface area contributed by atoms with Gasteiger partial charge in [-0.1, -0.05) is 446 Å². The van der Waals surface area contributed by atoms with E-state index in [0.29, 0.717) is 24.7 Å². The molecule has 0 rings (SSSR count). The Morgan fingerprint density at radius 1 is 0.218 bits per heavy atom. The standard InChI is InChI=1S/2C10H22.C9H20.C8H18O3S.2C8H18.C7H16.C6H14O3S.2C6H14.C5H10O2.C4H10O3S/c2*1-4-5-6-7-8-9-10(2)3;1-4-5-6-7-8-9(2)3;1-8(2)6-4-3-5-7-12(9,10)11;2*1-4-5-6-7-8(2)3;1-4-5-6-7(2)3;1-6(2)4-3-5-10(7,8)9;2*1-4-5-6(2)3;1-4(2)3-5(6)7;1-4(2)3-8(5,6)7/h2*10H,4-9H2,1-3H3;9H,4-8H2,1-3H3;8H,3-7H2,1-2H3,(H,9,10,11);2*8H,4-7H2,1-3H3;7H,4-6H2,1-3H3;6H,3-5H2,1-2H3,(H,7,8,9);2*6H,4-5H2,1-3H3;4H,3H2,1-2H3,(H,6,7);4H,3H2,1-2H3,(H,5,6,7). The molecule has 4 N–H and O–H groups in total. The molecule has 0 aliphatic heterocycles. The molecular weight excluding hydrogens is 1320 g/mol. The summed E-state index contributed by atoms with van der Waals surface area (Å²) in [5.74, 6) is 7.62. The highest BCUT2D eigenvalue weighted by atomic mass is 32.2. The number of carboxylic acids is 1. The highest BCUT2D eigenvalue weighted by molar-refractivity contribution is 7.86. The lowest BCUT2D eigenvalue weighted by Crippen LogP contribution is -2.09. The van der Waals surface area contributed by atoms with Gasteiger partial charge in [-0.25, -0.2) is 0 Å². The van der Waals surface area contributed by atoms with Crippen molar-refractivity contribution in [2.24, 2.45) is 71.0 Å². The Hall–Kier alpha value is -0.800. The zero-order valence-electron chi connectivity index (χ0n) is 75.0. The van der Waals surface area contributed by atoms with Gasteiger partial charge in [0.15, 0.2) is 0 Å². The maximum absolute atomic E-state index is 10.3. The molecule has 0 amide bonds. The van der Waals surface area contributed by atoms with E-state index < -0.39 is 36.3 Å². The lowest BCUT2D eigenvalue weighted by molar-refractivity contribution is -0.137. The first-order valence-corrected chi connectivity index (χ1v) is 47.4. The summed E-state index contributed by atoms with van der Waals surface area (Å²) in [5.41, 5.74) is 0. The molecule has 0 saturated heterocycles. The number of carbonyl (C=O) groups is 1. The average Bonchev–Trinajstić information content (AvgIpc) is 1.58. The predicted molar refractivity (Wildman–Crippen MR) is 460 cm³/mol. The molecule has 0 bridgehead atoms. The Kier molecular flexibility index (Phi) is 124. The van der Waals surface area contributed by atoms with Crippen LogP contribution in [-0.2, 0) is 35.1 Å². The summed E-state index contributed by atoms with van der Waals surface area (Å²) in [6.07, 6.45) is 50.3. The van der Waals surface area contributed by atoms with Crippen molar-refractivity contribution < 1.29 is 48.8 Å². The van der Waals surface area contributed by atoms with Gasteiger partial charge in [-0.3, -0.25) is 18.5 Å². The molecule has 11 nitrogen and oxygen atoms in total. The second kappa shape index (κ2) is 99.2. The van der Waals surface area contributed by atoms with Gasteiger partial charge in [0.1, 0.15) is 0 Å². The van der Waals surface area contributed by atoms with Gasteiger partial charge in [-0.2, -0.15) is 25.3 Å². The molecule has 0 aliphatic rings. The molecule has 628 valence electrons. The molecule has 0 aliphatic carbocycles. The Labute approximate surface area is 641 Å². The normalized spacial score (nSPS) is 11.0. The second-order valence-electron chi connectivity index (χ2n) is 33.6. The predicted octanol–water partition coefficient (Wildman–Crippen LogP) is 30.8. The quantitative estimate of drug-likeness (QED) is 0.0334. The molecule has 0 aromatic rings. The Balaban J connectivity index is -0.0000000860. The molecule has 0 spiro atoms. The van der Waals surface area contributed by atoms with E-state index in [1.807, 2.05) is 27.7 Å². The van der Waals surface area contributed by atoms with Gasteiger partial charge in [0.25, 0.3) is 30.4 Å². The monoisotopic (exact) mass is 1510 g/mol. The summed E-state index contributed by atoms with van der Waals surface area (Å²) in [7, 11) is -11.2. The maximum Gasteiger partial charge on any atom is 0.303 e. The summed E-state index contributed by atoms with van der Waals surface area (Å²) in [6.45, 7) is 70.0. The van der Waals surface area contributed by atoms with Crippen LogP contribution in [0.25, 0.3) is 0 Å². The molecule has 0 radical (unpaired) electrons. The fourth-order valence-electron chi connectivity index (χ4n) is 9.12. The van der Waals surface area contributed by atoms with E-state index in [-0.39, 0.29) is 35.5 Å². The highest BCUT2D eigenvalue weighted by Gasteiger charge is 2.07. The molecule has 0 aromatic carbocycles. The minimum atomic E-state index is -3.72. The third kappa shape index (κ3) is 227. The van der Waals surface area contributed by atoms with E-state index in [2.05, 4.69) is 180 Å². The van der Waals surface area contributed by atoms with Crippen molar-refractivity contribution in [1.82, 2.24) is 0 Å². The average molecular weight is 1510 g/mol. The number of hydrogen-bond acceptors (Lipinski definition) is 7. The van der Waals surface area contributed by atoms with Crippen LogP contribution in [0.5, 0.6) is 0 Å². The zero-order valence-corrected chi connectivity index (χ0v) is 77.4. The van der Waals surface area contributed by atoms with E-state index in [4.69, 9.17) is 18.8 Å². The molecule has 0 fully saturated rings. The van der Waals surface area contributed by atoms with Crippen molar-refractivity contribution in [2.75, 3.05) is 17.3 Å². The molecule has 0 atom stereocenters. The first kappa shape index (κ1) is 127. The molecule has 0 unspecified atom stereocenters. The number of carboxylic acid groups (broad SMARTS) is 1. The summed E-state index contributed by atoms with van der Waals surface area (Å²) in [6, 6.07) is 0. The van der Waals surface area contributed by atoms with Crippen LogP contribution < -0.4 is 0 Å². The van der Waals surface area contributed by atoms with E-state index in [9.17, 15) is 30.0 Å². The molecule has 14 heteroatoms. The molecule has 0 aromatic heterocycles. The van der Waals surface area contributed by atoms with Gasteiger partial charge in [-0.15, -0.1) is 0 Å². The third-order valence-electron chi connectivity index (χ3n) is 15.0. The van der Waals surface area contributed by atoms with Crippen LogP contribution in [0.1, 0.15) is 472 Å². The van der Waals surface area contributed by atoms with Crippen molar-refractivity contribution >= 4 is 36.3 Å². The first-order valence-electron chi connectivity index (χ1n) is 42.6. The maximum atomic E-state index is 10.3. The van der Waals surface area contributed by atoms with Crippen molar-refractivity contribution in [3.63, 3.8) is 0 Å². The van der Waals surface area contributed by atoms with Gasteiger partial charge >= 0.3 is 5.97 Å².